The standard InChI is InChI=1S/C5H9N2/c1-4-5(6-2)7-3/h5-7H,2-3H3/q-1. The average Bonchev–Trinajstić information content (AvgIpc) is 1.72. The molecule has 7 heavy (non-hydrogen) atoms. The lowest BCUT2D eigenvalue weighted by atomic mass is 10.5. The molecule has 0 aromatic carbocycles. The summed E-state index contributed by atoms with van der Waals surface area (Å²) < 4.78 is 0. The van der Waals surface area contributed by atoms with Crippen molar-refractivity contribution in [2.24, 2.45) is 0 Å². The molecule has 0 aliphatic rings. The van der Waals surface area contributed by atoms with E-state index in [1.54, 1.807) is 14.1 Å². The molecule has 0 heterocycles. The lowest BCUT2D eigenvalue weighted by molar-refractivity contribution is 0.604. The lowest BCUT2D eigenvalue weighted by Crippen LogP contribution is -2.35. The van der Waals surface area contributed by atoms with Crippen LogP contribution in [0.15, 0.2) is 0 Å². The van der Waals surface area contributed by atoms with Crippen molar-refractivity contribution in [3.05, 3.63) is 6.42 Å². The molecule has 2 nitrogen and oxygen atoms in total. The Morgan fingerprint density at radius 3 is 1.86 bits per heavy atom. The molecule has 0 radical (unpaired) electrons. The summed E-state index contributed by atoms with van der Waals surface area (Å²) in [6.07, 6.45) is 6.49. The maximum absolute atomic E-state index is 6.58. The summed E-state index contributed by atoms with van der Waals surface area (Å²) in [4.78, 5) is 0. The van der Waals surface area contributed by atoms with Gasteiger partial charge in [-0.2, -0.15) is 0 Å². The fraction of sp³-hybridized carbons (Fsp3) is 0.600. The van der Waals surface area contributed by atoms with Crippen molar-refractivity contribution in [2.45, 2.75) is 6.17 Å². The van der Waals surface area contributed by atoms with Crippen LogP contribution in [0.1, 0.15) is 0 Å². The molecule has 0 aromatic rings. The van der Waals surface area contributed by atoms with Crippen LogP contribution in [0.3, 0.4) is 0 Å². The van der Waals surface area contributed by atoms with Gasteiger partial charge in [0.2, 0.25) is 0 Å². The second-order valence-corrected chi connectivity index (χ2v) is 1.15. The Balaban J connectivity index is 3.23. The highest BCUT2D eigenvalue weighted by molar-refractivity contribution is 4.89. The van der Waals surface area contributed by atoms with Gasteiger partial charge in [0, 0.05) is 0 Å². The molecule has 2 heteroatoms. The topological polar surface area (TPSA) is 24.1 Å². The minimum Gasteiger partial charge on any atom is -0.691 e. The van der Waals surface area contributed by atoms with Crippen LogP contribution in [-0.2, 0) is 0 Å². The summed E-state index contributed by atoms with van der Waals surface area (Å²) in [5, 5.41) is 5.58. The number of hydrogen-bond acceptors (Lipinski definition) is 2. The fourth-order valence-electron chi connectivity index (χ4n) is 0.289. The minimum atomic E-state index is -0.0972. The molecule has 0 amide bonds. The Kier molecular flexibility index (Phi) is 3.39. The molecule has 0 saturated carbocycles. The van der Waals surface area contributed by atoms with Crippen LogP contribution in [-0.4, -0.2) is 20.3 Å². The van der Waals surface area contributed by atoms with Gasteiger partial charge in [0.25, 0.3) is 0 Å². The second-order valence-electron chi connectivity index (χ2n) is 1.15. The van der Waals surface area contributed by atoms with Gasteiger partial charge in [0.05, 0.1) is 6.17 Å². The van der Waals surface area contributed by atoms with Gasteiger partial charge in [-0.25, -0.2) is 0 Å². The Hall–Kier alpha value is -0.520. The number of hydrogen-bond donors (Lipinski definition) is 2. The second kappa shape index (κ2) is 3.66. The summed E-state index contributed by atoms with van der Waals surface area (Å²) in [6.45, 7) is 0. The fourth-order valence-corrected chi connectivity index (χ4v) is 0.289. The Morgan fingerprint density at radius 2 is 1.86 bits per heavy atom. The van der Waals surface area contributed by atoms with E-state index in [0.717, 1.165) is 0 Å². The molecule has 0 fully saturated rings. The first kappa shape index (κ1) is 6.48. The quantitative estimate of drug-likeness (QED) is 0.271. The third-order valence-corrected chi connectivity index (χ3v) is 0.722. The molecule has 0 rings (SSSR count). The zero-order valence-electron chi connectivity index (χ0n) is 4.58. The zero-order valence-corrected chi connectivity index (χ0v) is 4.58. The van der Waals surface area contributed by atoms with Crippen LogP contribution in [0.5, 0.6) is 0 Å². The predicted octanol–water partition coefficient (Wildman–Crippen LogP) is -0.659. The van der Waals surface area contributed by atoms with E-state index >= 15 is 0 Å². The van der Waals surface area contributed by atoms with Crippen LogP contribution < -0.4 is 10.6 Å². The van der Waals surface area contributed by atoms with Gasteiger partial charge in [-0.1, -0.05) is 0 Å². The lowest BCUT2D eigenvalue weighted by Gasteiger charge is -2.09. The van der Waals surface area contributed by atoms with Gasteiger partial charge in [-0.3, -0.25) is 10.6 Å². The highest BCUT2D eigenvalue weighted by Gasteiger charge is 1.84. The molecule has 0 aliphatic heterocycles. The van der Waals surface area contributed by atoms with E-state index in [2.05, 4.69) is 16.6 Å². The summed E-state index contributed by atoms with van der Waals surface area (Å²) >= 11 is 0. The Labute approximate surface area is 44.3 Å². The van der Waals surface area contributed by atoms with Crippen LogP contribution in [0, 0.1) is 12.3 Å². The van der Waals surface area contributed by atoms with Crippen molar-refractivity contribution in [3.63, 3.8) is 0 Å². The summed E-state index contributed by atoms with van der Waals surface area (Å²) in [6, 6.07) is 0. The largest absolute Gasteiger partial charge is 0.691 e. The summed E-state index contributed by atoms with van der Waals surface area (Å²) in [5.41, 5.74) is 0. The number of rotatable bonds is 2. The van der Waals surface area contributed by atoms with Gasteiger partial charge >= 0.3 is 0 Å². The van der Waals surface area contributed by atoms with Crippen LogP contribution in [0.25, 0.3) is 0 Å². The first-order valence-corrected chi connectivity index (χ1v) is 2.12. The SMILES string of the molecule is [C-]#CC(NC)NC. The van der Waals surface area contributed by atoms with E-state index in [9.17, 15) is 0 Å². The molecule has 0 aliphatic carbocycles. The van der Waals surface area contributed by atoms with E-state index in [1.165, 1.54) is 0 Å². The molecule has 0 saturated heterocycles. The Bertz CT molecular complexity index is 68.6. The molecule has 0 bridgehead atoms. The first-order valence-electron chi connectivity index (χ1n) is 2.12. The van der Waals surface area contributed by atoms with Crippen molar-refractivity contribution in [1.82, 2.24) is 10.6 Å². The average molecular weight is 97.1 g/mol. The highest BCUT2D eigenvalue weighted by atomic mass is 15.1. The van der Waals surface area contributed by atoms with Crippen LogP contribution >= 0.6 is 0 Å². The maximum atomic E-state index is 6.58. The molecular formula is C5H9N2-. The molecular weight excluding hydrogens is 88.1 g/mol. The van der Waals surface area contributed by atoms with Crippen molar-refractivity contribution in [2.75, 3.05) is 14.1 Å². The highest BCUT2D eigenvalue weighted by Crippen LogP contribution is 1.63. The predicted molar refractivity (Wildman–Crippen MR) is 29.0 cm³/mol. The van der Waals surface area contributed by atoms with Gasteiger partial charge in [0.1, 0.15) is 0 Å². The van der Waals surface area contributed by atoms with E-state index in [4.69, 9.17) is 6.42 Å². The van der Waals surface area contributed by atoms with Gasteiger partial charge < -0.3 is 12.3 Å². The van der Waals surface area contributed by atoms with Crippen molar-refractivity contribution in [3.8, 4) is 5.92 Å². The number of nitrogens with one attached hydrogen (secondary N) is 2. The molecule has 0 atom stereocenters. The van der Waals surface area contributed by atoms with E-state index in [-0.39, 0.29) is 6.17 Å². The van der Waals surface area contributed by atoms with Gasteiger partial charge in [0.15, 0.2) is 0 Å². The smallest absolute Gasteiger partial charge is 0.0813 e. The van der Waals surface area contributed by atoms with E-state index in [0.29, 0.717) is 0 Å². The molecule has 40 valence electrons. The third kappa shape index (κ3) is 2.21. The molecule has 2 N–H and O–H groups in total. The summed E-state index contributed by atoms with van der Waals surface area (Å²) in [5.74, 6) is 2.23. The Morgan fingerprint density at radius 1 is 1.43 bits per heavy atom. The third-order valence-electron chi connectivity index (χ3n) is 0.722. The van der Waals surface area contributed by atoms with Crippen molar-refractivity contribution >= 4 is 0 Å². The minimum absolute atomic E-state index is 0.0972. The van der Waals surface area contributed by atoms with E-state index < -0.39 is 0 Å². The monoisotopic (exact) mass is 97.1 g/mol. The van der Waals surface area contributed by atoms with Crippen molar-refractivity contribution in [1.29, 1.82) is 0 Å². The van der Waals surface area contributed by atoms with E-state index in [1.807, 2.05) is 0 Å². The van der Waals surface area contributed by atoms with Gasteiger partial charge in [-0.05, 0) is 14.1 Å². The van der Waals surface area contributed by atoms with Crippen LogP contribution in [0.2, 0.25) is 0 Å². The van der Waals surface area contributed by atoms with Crippen molar-refractivity contribution < 1.29 is 0 Å². The molecule has 0 unspecified atom stereocenters. The normalized spacial score (nSPS) is 8.86. The van der Waals surface area contributed by atoms with Crippen LogP contribution in [0.4, 0.5) is 0 Å². The molecule has 0 spiro atoms. The first-order chi connectivity index (χ1) is 3.35. The summed E-state index contributed by atoms with van der Waals surface area (Å²) in [7, 11) is 3.53. The maximum Gasteiger partial charge on any atom is 0.0813 e. The zero-order chi connectivity index (χ0) is 5.70. The van der Waals surface area contributed by atoms with Gasteiger partial charge in [-0.15, -0.1) is 0 Å². The molecule has 0 aromatic heterocycles.